The van der Waals surface area contributed by atoms with Crippen LogP contribution in [-0.4, -0.2) is 42.6 Å². The number of aromatic nitrogens is 1. The lowest BCUT2D eigenvalue weighted by molar-refractivity contribution is 0.0944. The monoisotopic (exact) mass is 284 g/mol. The third-order valence-corrected chi connectivity index (χ3v) is 3.78. The number of ether oxygens (including phenoxy) is 1. The minimum atomic E-state index is -0.151. The molecule has 7 heteroatoms. The summed E-state index contributed by atoms with van der Waals surface area (Å²) >= 11 is 1.28. The van der Waals surface area contributed by atoms with Crippen LogP contribution in [0.5, 0.6) is 0 Å². The average Bonchev–Trinajstić information content (AvgIpc) is 2.58. The third-order valence-electron chi connectivity index (χ3n) is 2.86. The Kier molecular flexibility index (Phi) is 4.60. The predicted molar refractivity (Wildman–Crippen MR) is 76.8 cm³/mol. The Labute approximate surface area is 117 Å². The fraction of sp³-hybridized carbons (Fsp3) is 0.667. The molecule has 19 heavy (non-hydrogen) atoms. The summed E-state index contributed by atoms with van der Waals surface area (Å²) in [6.45, 7) is 6.91. The van der Waals surface area contributed by atoms with Gasteiger partial charge >= 0.3 is 0 Å². The molecule has 3 N–H and O–H groups in total. The summed E-state index contributed by atoms with van der Waals surface area (Å²) in [5, 5.41) is 3.72. The second-order valence-electron chi connectivity index (χ2n) is 4.83. The molecule has 0 bridgehead atoms. The molecule has 0 radical (unpaired) electrons. The highest BCUT2D eigenvalue weighted by atomic mass is 32.1. The van der Waals surface area contributed by atoms with Gasteiger partial charge in [0.25, 0.3) is 5.91 Å². The zero-order valence-electron chi connectivity index (χ0n) is 11.3. The van der Waals surface area contributed by atoms with Crippen LogP contribution in [0, 0.1) is 0 Å². The first-order valence-corrected chi connectivity index (χ1v) is 7.25. The van der Waals surface area contributed by atoms with E-state index in [4.69, 9.17) is 10.5 Å². The molecule has 0 aliphatic carbocycles. The third kappa shape index (κ3) is 3.36. The molecule has 0 atom stereocenters. The highest BCUT2D eigenvalue weighted by Crippen LogP contribution is 2.31. The van der Waals surface area contributed by atoms with Crippen molar-refractivity contribution in [3.05, 3.63) is 5.56 Å². The van der Waals surface area contributed by atoms with Crippen LogP contribution in [0.25, 0.3) is 0 Å². The summed E-state index contributed by atoms with van der Waals surface area (Å²) in [5.41, 5.74) is 6.34. The van der Waals surface area contributed by atoms with E-state index in [0.717, 1.165) is 31.1 Å². The van der Waals surface area contributed by atoms with Gasteiger partial charge in [-0.25, -0.2) is 0 Å². The zero-order chi connectivity index (χ0) is 13.8. The molecule has 106 valence electrons. The van der Waals surface area contributed by atoms with Crippen molar-refractivity contribution in [3.63, 3.8) is 0 Å². The Morgan fingerprint density at radius 3 is 3.00 bits per heavy atom. The number of amides is 1. The highest BCUT2D eigenvalue weighted by molar-refractivity contribution is 7.11. The van der Waals surface area contributed by atoms with Crippen molar-refractivity contribution in [2.45, 2.75) is 26.3 Å². The molecule has 6 nitrogen and oxygen atoms in total. The molecular formula is C12H20N4O2S. The SMILES string of the molecule is CC(C)NC(=O)c1c(N)nsc1N1CCCOCC1. The predicted octanol–water partition coefficient (Wildman–Crippen LogP) is 1.09. The van der Waals surface area contributed by atoms with Gasteiger partial charge in [0.1, 0.15) is 10.6 Å². The largest absolute Gasteiger partial charge is 0.382 e. The first-order valence-electron chi connectivity index (χ1n) is 6.48. The molecule has 1 aromatic rings. The maximum Gasteiger partial charge on any atom is 0.258 e. The van der Waals surface area contributed by atoms with E-state index in [1.807, 2.05) is 13.8 Å². The standard InChI is InChI=1S/C12H20N4O2S/c1-8(2)14-11(17)9-10(13)15-19-12(9)16-4-3-6-18-7-5-16/h8H,3-7H2,1-2H3,(H2,13,15)(H,14,17). The fourth-order valence-corrected chi connectivity index (χ4v) is 2.87. The molecule has 1 aliphatic heterocycles. The van der Waals surface area contributed by atoms with Gasteiger partial charge in [0, 0.05) is 25.7 Å². The minimum Gasteiger partial charge on any atom is -0.382 e. The molecule has 1 fully saturated rings. The molecule has 0 saturated carbocycles. The van der Waals surface area contributed by atoms with Crippen molar-refractivity contribution < 1.29 is 9.53 Å². The number of carbonyl (C=O) groups excluding carboxylic acids is 1. The quantitative estimate of drug-likeness (QED) is 0.868. The van der Waals surface area contributed by atoms with E-state index in [2.05, 4.69) is 14.6 Å². The van der Waals surface area contributed by atoms with Crippen LogP contribution >= 0.6 is 11.5 Å². The molecule has 0 unspecified atom stereocenters. The van der Waals surface area contributed by atoms with Gasteiger partial charge in [0.05, 0.1) is 6.61 Å². The maximum absolute atomic E-state index is 12.2. The van der Waals surface area contributed by atoms with Crippen molar-refractivity contribution in [3.8, 4) is 0 Å². The second-order valence-corrected chi connectivity index (χ2v) is 5.58. The van der Waals surface area contributed by atoms with Crippen molar-refractivity contribution in [1.29, 1.82) is 0 Å². The maximum atomic E-state index is 12.2. The van der Waals surface area contributed by atoms with Gasteiger partial charge < -0.3 is 20.7 Å². The highest BCUT2D eigenvalue weighted by Gasteiger charge is 2.24. The van der Waals surface area contributed by atoms with Crippen molar-refractivity contribution in [1.82, 2.24) is 9.69 Å². The molecule has 0 spiro atoms. The minimum absolute atomic E-state index is 0.0760. The summed E-state index contributed by atoms with van der Waals surface area (Å²) in [6.07, 6.45) is 0.947. The molecule has 1 saturated heterocycles. The van der Waals surface area contributed by atoms with E-state index < -0.39 is 0 Å². The number of rotatable bonds is 3. The van der Waals surface area contributed by atoms with Crippen LogP contribution < -0.4 is 16.0 Å². The van der Waals surface area contributed by atoms with Crippen LogP contribution in [0.2, 0.25) is 0 Å². The Morgan fingerprint density at radius 2 is 2.26 bits per heavy atom. The molecule has 2 heterocycles. The van der Waals surface area contributed by atoms with E-state index in [1.165, 1.54) is 11.5 Å². The van der Waals surface area contributed by atoms with Gasteiger partial charge in [-0.1, -0.05) is 0 Å². The molecule has 1 aromatic heterocycles. The molecule has 0 aromatic carbocycles. The molecule has 1 aliphatic rings. The number of hydrogen-bond acceptors (Lipinski definition) is 6. The number of nitrogen functional groups attached to an aromatic ring is 1. The number of nitrogens with two attached hydrogens (primary N) is 1. The van der Waals surface area contributed by atoms with Gasteiger partial charge in [-0.05, 0) is 31.8 Å². The number of nitrogens with zero attached hydrogens (tertiary/aromatic N) is 2. The summed E-state index contributed by atoms with van der Waals surface area (Å²) in [6, 6.07) is 0.0760. The molecule has 2 rings (SSSR count). The Balaban J connectivity index is 2.23. The van der Waals surface area contributed by atoms with Gasteiger partial charge in [0.2, 0.25) is 0 Å². The van der Waals surface area contributed by atoms with E-state index in [9.17, 15) is 4.79 Å². The molecule has 1 amide bonds. The van der Waals surface area contributed by atoms with Gasteiger partial charge in [-0.15, -0.1) is 0 Å². The van der Waals surface area contributed by atoms with E-state index in [-0.39, 0.29) is 11.9 Å². The summed E-state index contributed by atoms with van der Waals surface area (Å²) < 4.78 is 9.56. The van der Waals surface area contributed by atoms with Crippen LogP contribution in [0.1, 0.15) is 30.6 Å². The van der Waals surface area contributed by atoms with Crippen LogP contribution in [0.15, 0.2) is 0 Å². The number of carbonyl (C=O) groups is 1. The summed E-state index contributed by atoms with van der Waals surface area (Å²) in [7, 11) is 0. The van der Waals surface area contributed by atoms with Crippen LogP contribution in [-0.2, 0) is 4.74 Å². The van der Waals surface area contributed by atoms with Gasteiger partial charge in [0.15, 0.2) is 5.82 Å². The van der Waals surface area contributed by atoms with E-state index >= 15 is 0 Å². The number of nitrogens with one attached hydrogen (secondary N) is 1. The van der Waals surface area contributed by atoms with Gasteiger partial charge in [-0.3, -0.25) is 4.79 Å². The fourth-order valence-electron chi connectivity index (χ4n) is 2.01. The lowest BCUT2D eigenvalue weighted by Crippen LogP contribution is -2.33. The lowest BCUT2D eigenvalue weighted by Gasteiger charge is -2.21. The first kappa shape index (κ1) is 14.1. The Bertz CT molecular complexity index is 439. The van der Waals surface area contributed by atoms with E-state index in [0.29, 0.717) is 18.0 Å². The number of hydrogen-bond donors (Lipinski definition) is 2. The normalized spacial score (nSPS) is 16.5. The van der Waals surface area contributed by atoms with Crippen LogP contribution in [0.4, 0.5) is 10.8 Å². The lowest BCUT2D eigenvalue weighted by atomic mass is 10.2. The smallest absolute Gasteiger partial charge is 0.258 e. The topological polar surface area (TPSA) is 80.5 Å². The zero-order valence-corrected chi connectivity index (χ0v) is 12.1. The van der Waals surface area contributed by atoms with Crippen molar-refractivity contribution in [2.24, 2.45) is 0 Å². The Morgan fingerprint density at radius 1 is 1.47 bits per heavy atom. The second kappa shape index (κ2) is 6.21. The first-order chi connectivity index (χ1) is 9.09. The molecular weight excluding hydrogens is 264 g/mol. The summed E-state index contributed by atoms with van der Waals surface area (Å²) in [5.74, 6) is 0.157. The van der Waals surface area contributed by atoms with Crippen molar-refractivity contribution in [2.75, 3.05) is 36.9 Å². The number of anilines is 2. The average molecular weight is 284 g/mol. The van der Waals surface area contributed by atoms with Crippen molar-refractivity contribution >= 4 is 28.3 Å². The van der Waals surface area contributed by atoms with Crippen LogP contribution in [0.3, 0.4) is 0 Å². The van der Waals surface area contributed by atoms with E-state index in [1.54, 1.807) is 0 Å². The Hall–Kier alpha value is -1.34. The van der Waals surface area contributed by atoms with Gasteiger partial charge in [-0.2, -0.15) is 4.37 Å². The summed E-state index contributed by atoms with van der Waals surface area (Å²) in [4.78, 5) is 14.3.